The van der Waals surface area contributed by atoms with E-state index in [9.17, 15) is 4.79 Å². The maximum atomic E-state index is 13.2. The van der Waals surface area contributed by atoms with Crippen molar-refractivity contribution in [1.82, 2.24) is 4.57 Å². The third-order valence-electron chi connectivity index (χ3n) is 6.05. The second-order valence-electron chi connectivity index (χ2n) is 8.68. The lowest BCUT2D eigenvalue weighted by Gasteiger charge is -2.10. The molecule has 0 aliphatic rings. The van der Waals surface area contributed by atoms with Gasteiger partial charge < -0.3 is 4.57 Å². The van der Waals surface area contributed by atoms with Gasteiger partial charge in [0, 0.05) is 52.1 Å². The molecule has 1 aromatic heterocycles. The number of carbonyl (C=O) groups excluding carboxylic acids is 1. The number of hydrogen-bond acceptors (Lipinski definition) is 2. The van der Waals surface area contributed by atoms with E-state index in [2.05, 4.69) is 16.7 Å². The Balaban J connectivity index is 1.67. The highest BCUT2D eigenvalue weighted by Gasteiger charge is 2.22. The van der Waals surface area contributed by atoms with Crippen molar-refractivity contribution in [2.45, 2.75) is 58.3 Å². The normalized spacial score (nSPS) is 12.1. The lowest BCUT2D eigenvalue weighted by atomic mass is 9.94. The fourth-order valence-corrected chi connectivity index (χ4v) is 4.77. The van der Waals surface area contributed by atoms with Crippen molar-refractivity contribution in [2.24, 2.45) is 13.0 Å². The number of aromatic nitrogens is 1. The largest absolute Gasteiger partial charge is 0.347 e. The van der Waals surface area contributed by atoms with E-state index in [0.29, 0.717) is 17.9 Å². The van der Waals surface area contributed by atoms with Gasteiger partial charge in [-0.3, -0.25) is 4.79 Å². The van der Waals surface area contributed by atoms with Crippen molar-refractivity contribution < 1.29 is 4.79 Å². The van der Waals surface area contributed by atoms with Gasteiger partial charge in [-0.05, 0) is 67.5 Å². The second kappa shape index (κ2) is 11.5. The molecule has 0 aliphatic heterocycles. The van der Waals surface area contributed by atoms with Crippen LogP contribution in [0.2, 0.25) is 10.0 Å². The van der Waals surface area contributed by atoms with Crippen LogP contribution in [0.3, 0.4) is 0 Å². The van der Waals surface area contributed by atoms with Crippen LogP contribution in [-0.4, -0.2) is 10.4 Å². The number of unbranched alkanes of at least 4 members (excludes halogenated alkanes) is 3. The van der Waals surface area contributed by atoms with E-state index < -0.39 is 0 Å². The Morgan fingerprint density at radius 1 is 1.03 bits per heavy atom. The van der Waals surface area contributed by atoms with Gasteiger partial charge in [-0.15, -0.1) is 0 Å². The number of fused-ring (bicyclic) bond motifs is 1. The molecule has 0 fully saturated rings. The number of benzene rings is 2. The molecule has 0 aliphatic carbocycles. The SMILES string of the molecule is C[C@H](CC#N)CC(=O)c1c(CCCCCCc2cccc(Cl)c2)n(C)c2ccc(Cl)cc12. The van der Waals surface area contributed by atoms with Gasteiger partial charge in [0.05, 0.1) is 6.07 Å². The van der Waals surface area contributed by atoms with Crippen LogP contribution in [0.5, 0.6) is 0 Å². The Bertz CT molecular complexity index is 1130. The third kappa shape index (κ3) is 6.15. The molecule has 0 radical (unpaired) electrons. The molecular formula is C27H30Cl2N2O. The Morgan fingerprint density at radius 3 is 2.47 bits per heavy atom. The zero-order valence-corrected chi connectivity index (χ0v) is 20.3. The van der Waals surface area contributed by atoms with Crippen molar-refractivity contribution in [2.75, 3.05) is 0 Å². The van der Waals surface area contributed by atoms with E-state index in [4.69, 9.17) is 28.5 Å². The Hall–Kier alpha value is -2.28. The summed E-state index contributed by atoms with van der Waals surface area (Å²) in [6, 6.07) is 16.0. The summed E-state index contributed by atoms with van der Waals surface area (Å²) in [4.78, 5) is 13.2. The molecule has 0 bridgehead atoms. The lowest BCUT2D eigenvalue weighted by molar-refractivity contribution is 0.0965. The quantitative estimate of drug-likeness (QED) is 0.211. The van der Waals surface area contributed by atoms with Crippen LogP contribution in [0, 0.1) is 17.2 Å². The zero-order chi connectivity index (χ0) is 23.1. The third-order valence-corrected chi connectivity index (χ3v) is 6.52. The fourth-order valence-electron chi connectivity index (χ4n) is 4.39. The van der Waals surface area contributed by atoms with Crippen LogP contribution < -0.4 is 0 Å². The van der Waals surface area contributed by atoms with E-state index >= 15 is 0 Å². The molecule has 32 heavy (non-hydrogen) atoms. The first-order valence-electron chi connectivity index (χ1n) is 11.3. The molecule has 3 aromatic rings. The summed E-state index contributed by atoms with van der Waals surface area (Å²) in [7, 11) is 2.03. The lowest BCUT2D eigenvalue weighted by Crippen LogP contribution is -2.09. The van der Waals surface area contributed by atoms with Crippen molar-refractivity contribution >= 4 is 39.9 Å². The number of aryl methyl sites for hydroxylation is 2. The molecule has 1 heterocycles. The standard InChI is InChI=1S/C27H30Cl2N2O/c1-19(14-15-30)16-26(32)27-23-18-22(29)12-13-24(23)31(2)25(27)11-6-4-3-5-8-20-9-7-10-21(28)17-20/h7,9-10,12-13,17-19H,3-6,8,11,14,16H2,1-2H3/t19-/m1/s1. The van der Waals surface area contributed by atoms with Crippen molar-refractivity contribution in [3.05, 3.63) is 69.3 Å². The minimum absolute atomic E-state index is 0.0429. The average Bonchev–Trinajstić information content (AvgIpc) is 3.01. The Morgan fingerprint density at radius 2 is 1.75 bits per heavy atom. The first kappa shape index (κ1) is 24.4. The molecule has 3 rings (SSSR count). The summed E-state index contributed by atoms with van der Waals surface area (Å²) >= 11 is 12.3. The van der Waals surface area contributed by atoms with Crippen LogP contribution in [0.1, 0.15) is 67.1 Å². The summed E-state index contributed by atoms with van der Waals surface area (Å²) in [5.41, 5.74) is 4.17. The van der Waals surface area contributed by atoms with Crippen LogP contribution in [0.4, 0.5) is 0 Å². The van der Waals surface area contributed by atoms with Gasteiger partial charge in [-0.1, -0.05) is 55.1 Å². The fraction of sp³-hybridized carbons (Fsp3) is 0.407. The highest BCUT2D eigenvalue weighted by Crippen LogP contribution is 2.31. The summed E-state index contributed by atoms with van der Waals surface area (Å²) in [6.07, 6.45) is 7.07. The summed E-state index contributed by atoms with van der Waals surface area (Å²) < 4.78 is 2.14. The summed E-state index contributed by atoms with van der Waals surface area (Å²) in [6.45, 7) is 1.96. The molecular weight excluding hydrogens is 439 g/mol. The summed E-state index contributed by atoms with van der Waals surface area (Å²) in [5, 5.41) is 11.3. The number of halogens is 2. The topological polar surface area (TPSA) is 45.8 Å². The number of rotatable bonds is 11. The van der Waals surface area contributed by atoms with Gasteiger partial charge in [-0.25, -0.2) is 0 Å². The smallest absolute Gasteiger partial charge is 0.165 e. The average molecular weight is 469 g/mol. The Kier molecular flexibility index (Phi) is 8.79. The second-order valence-corrected chi connectivity index (χ2v) is 9.55. The number of nitrogens with zero attached hydrogens (tertiary/aromatic N) is 2. The maximum Gasteiger partial charge on any atom is 0.165 e. The van der Waals surface area contributed by atoms with Gasteiger partial charge in [0.1, 0.15) is 0 Å². The van der Waals surface area contributed by atoms with Crippen molar-refractivity contribution in [3.63, 3.8) is 0 Å². The predicted molar refractivity (Wildman–Crippen MR) is 134 cm³/mol. The van der Waals surface area contributed by atoms with E-state index in [1.54, 1.807) is 0 Å². The summed E-state index contributed by atoms with van der Waals surface area (Å²) in [5.74, 6) is 0.151. The van der Waals surface area contributed by atoms with Gasteiger partial charge in [0.25, 0.3) is 0 Å². The molecule has 3 nitrogen and oxygen atoms in total. The number of carbonyl (C=O) groups is 1. The van der Waals surface area contributed by atoms with Gasteiger partial charge in [-0.2, -0.15) is 5.26 Å². The number of nitriles is 1. The Labute approximate surface area is 200 Å². The molecule has 2 aromatic carbocycles. The molecule has 168 valence electrons. The van der Waals surface area contributed by atoms with Crippen molar-refractivity contribution in [1.29, 1.82) is 5.26 Å². The van der Waals surface area contributed by atoms with Gasteiger partial charge in [0.15, 0.2) is 5.78 Å². The molecule has 0 saturated heterocycles. The highest BCUT2D eigenvalue weighted by atomic mass is 35.5. The number of ketones is 1. The molecule has 0 N–H and O–H groups in total. The van der Waals surface area contributed by atoms with Crippen LogP contribution >= 0.6 is 23.2 Å². The number of hydrogen-bond donors (Lipinski definition) is 0. The molecule has 5 heteroatoms. The maximum absolute atomic E-state index is 13.2. The minimum Gasteiger partial charge on any atom is -0.347 e. The molecule has 0 saturated carbocycles. The zero-order valence-electron chi connectivity index (χ0n) is 18.8. The monoisotopic (exact) mass is 468 g/mol. The first-order chi connectivity index (χ1) is 15.4. The van der Waals surface area contributed by atoms with Crippen LogP contribution in [-0.2, 0) is 19.9 Å². The van der Waals surface area contributed by atoms with E-state index in [1.807, 2.05) is 50.4 Å². The van der Waals surface area contributed by atoms with E-state index in [-0.39, 0.29) is 11.7 Å². The van der Waals surface area contributed by atoms with Gasteiger partial charge in [0.2, 0.25) is 0 Å². The first-order valence-corrected chi connectivity index (χ1v) is 12.1. The minimum atomic E-state index is 0.0429. The number of Topliss-reactive ketones (excluding diaryl/α,β-unsaturated/α-hetero) is 1. The molecule has 0 unspecified atom stereocenters. The highest BCUT2D eigenvalue weighted by molar-refractivity contribution is 6.31. The predicted octanol–water partition coefficient (Wildman–Crippen LogP) is 7.95. The van der Waals surface area contributed by atoms with Crippen LogP contribution in [0.25, 0.3) is 10.9 Å². The van der Waals surface area contributed by atoms with Crippen LogP contribution in [0.15, 0.2) is 42.5 Å². The van der Waals surface area contributed by atoms with E-state index in [0.717, 1.165) is 65.7 Å². The van der Waals surface area contributed by atoms with E-state index in [1.165, 1.54) is 5.56 Å². The van der Waals surface area contributed by atoms with Crippen molar-refractivity contribution in [3.8, 4) is 6.07 Å². The van der Waals surface area contributed by atoms with Gasteiger partial charge >= 0.3 is 0 Å². The molecule has 0 spiro atoms. The molecule has 1 atom stereocenters. The molecule has 0 amide bonds.